The molecule has 0 heterocycles. The molecule has 0 spiro atoms. The Morgan fingerprint density at radius 3 is 2.57 bits per heavy atom. The lowest BCUT2D eigenvalue weighted by Crippen LogP contribution is -2.49. The van der Waals surface area contributed by atoms with Crippen LogP contribution in [0.25, 0.3) is 0 Å². The van der Waals surface area contributed by atoms with Crippen molar-refractivity contribution < 1.29 is 4.79 Å². The number of amides is 1. The third-order valence-corrected chi connectivity index (χ3v) is 4.22. The number of hydrogen-bond donors (Lipinski definition) is 2. The van der Waals surface area contributed by atoms with Crippen molar-refractivity contribution in [3.8, 4) is 0 Å². The van der Waals surface area contributed by atoms with E-state index in [9.17, 15) is 4.79 Å². The van der Waals surface area contributed by atoms with Crippen molar-refractivity contribution in [2.24, 2.45) is 11.5 Å². The van der Waals surface area contributed by atoms with Crippen molar-refractivity contribution in [3.05, 3.63) is 0 Å². The minimum atomic E-state index is -0.828. The maximum Gasteiger partial charge on any atom is 0.237 e. The second kappa shape index (κ2) is 5.03. The second-order valence-corrected chi connectivity index (χ2v) is 5.72. The van der Waals surface area contributed by atoms with Crippen LogP contribution in [0.15, 0.2) is 0 Å². The van der Waals surface area contributed by atoms with Crippen molar-refractivity contribution in [2.45, 2.75) is 49.8 Å². The van der Waals surface area contributed by atoms with E-state index in [0.717, 1.165) is 11.0 Å². The van der Waals surface area contributed by atoms with Gasteiger partial charge in [0.2, 0.25) is 5.91 Å². The molecule has 0 aromatic rings. The summed E-state index contributed by atoms with van der Waals surface area (Å²) < 4.78 is 0. The van der Waals surface area contributed by atoms with Crippen LogP contribution in [0.4, 0.5) is 0 Å². The number of thioether (sulfide) groups is 1. The minimum Gasteiger partial charge on any atom is -0.368 e. The van der Waals surface area contributed by atoms with Gasteiger partial charge in [0.05, 0.1) is 5.54 Å². The number of carbonyl (C=O) groups is 1. The lowest BCUT2D eigenvalue weighted by Gasteiger charge is -2.20. The Balaban J connectivity index is 2.16. The molecule has 1 rings (SSSR count). The highest BCUT2D eigenvalue weighted by Crippen LogP contribution is 2.30. The molecule has 0 aromatic heterocycles. The van der Waals surface area contributed by atoms with Gasteiger partial charge in [0.15, 0.2) is 0 Å². The maximum atomic E-state index is 10.9. The van der Waals surface area contributed by atoms with Gasteiger partial charge in [0, 0.05) is 5.25 Å². The van der Waals surface area contributed by atoms with Crippen LogP contribution in [0.5, 0.6) is 0 Å². The molecular formula is C10H20N2OS. The first-order valence-corrected chi connectivity index (χ1v) is 6.27. The predicted octanol–water partition coefficient (Wildman–Crippen LogP) is 1.26. The van der Waals surface area contributed by atoms with Crippen LogP contribution < -0.4 is 11.5 Å². The van der Waals surface area contributed by atoms with Crippen molar-refractivity contribution >= 4 is 17.7 Å². The molecule has 1 atom stereocenters. The van der Waals surface area contributed by atoms with Crippen LogP contribution in [0, 0.1) is 0 Å². The van der Waals surface area contributed by atoms with Gasteiger partial charge in [-0.3, -0.25) is 4.79 Å². The van der Waals surface area contributed by atoms with Crippen LogP contribution in [0.1, 0.15) is 39.0 Å². The highest BCUT2D eigenvalue weighted by Gasteiger charge is 2.25. The van der Waals surface area contributed by atoms with Gasteiger partial charge in [0.1, 0.15) is 0 Å². The van der Waals surface area contributed by atoms with E-state index < -0.39 is 11.4 Å². The molecule has 1 saturated carbocycles. The van der Waals surface area contributed by atoms with Crippen molar-refractivity contribution in [3.63, 3.8) is 0 Å². The molecule has 1 fully saturated rings. The zero-order valence-corrected chi connectivity index (χ0v) is 9.61. The predicted molar refractivity (Wildman–Crippen MR) is 61.1 cm³/mol. The lowest BCUT2D eigenvalue weighted by molar-refractivity contribution is -0.122. The van der Waals surface area contributed by atoms with Crippen LogP contribution in [-0.2, 0) is 4.79 Å². The van der Waals surface area contributed by atoms with Gasteiger partial charge in [-0.15, -0.1) is 0 Å². The van der Waals surface area contributed by atoms with E-state index in [2.05, 4.69) is 0 Å². The Bertz CT molecular complexity index is 200. The summed E-state index contributed by atoms with van der Waals surface area (Å²) in [6.45, 7) is 1.71. The quantitative estimate of drug-likeness (QED) is 0.727. The molecule has 0 aliphatic heterocycles. The summed E-state index contributed by atoms with van der Waals surface area (Å²) >= 11 is 1.94. The summed E-state index contributed by atoms with van der Waals surface area (Å²) in [6, 6.07) is 0. The molecule has 3 nitrogen and oxygen atoms in total. The van der Waals surface area contributed by atoms with Crippen LogP contribution in [0.3, 0.4) is 0 Å². The number of nitrogens with two attached hydrogens (primary N) is 2. The van der Waals surface area contributed by atoms with Gasteiger partial charge < -0.3 is 11.5 Å². The molecule has 0 aromatic carbocycles. The highest BCUT2D eigenvalue weighted by molar-refractivity contribution is 7.99. The molecule has 14 heavy (non-hydrogen) atoms. The third kappa shape index (κ3) is 3.50. The molecule has 82 valence electrons. The summed E-state index contributed by atoms with van der Waals surface area (Å²) in [4.78, 5) is 10.9. The molecule has 0 radical (unpaired) electrons. The average molecular weight is 216 g/mol. The number of carbonyl (C=O) groups excluding carboxylic acids is 1. The Morgan fingerprint density at radius 2 is 2.07 bits per heavy atom. The van der Waals surface area contributed by atoms with Crippen LogP contribution in [0.2, 0.25) is 0 Å². The smallest absolute Gasteiger partial charge is 0.237 e. The van der Waals surface area contributed by atoms with E-state index in [0.29, 0.717) is 6.42 Å². The van der Waals surface area contributed by atoms with Crippen molar-refractivity contribution in [2.75, 3.05) is 5.75 Å². The van der Waals surface area contributed by atoms with E-state index >= 15 is 0 Å². The Labute approximate surface area is 90.0 Å². The summed E-state index contributed by atoms with van der Waals surface area (Å²) in [5, 5.41) is 0.790. The van der Waals surface area contributed by atoms with E-state index in [-0.39, 0.29) is 0 Å². The first kappa shape index (κ1) is 11.9. The minimum absolute atomic E-state index is 0.399. The highest BCUT2D eigenvalue weighted by atomic mass is 32.2. The van der Waals surface area contributed by atoms with Gasteiger partial charge in [-0.2, -0.15) is 11.8 Å². The second-order valence-electron chi connectivity index (χ2n) is 4.31. The summed E-state index contributed by atoms with van der Waals surface area (Å²) in [6.07, 6.45) is 6.04. The third-order valence-electron chi connectivity index (χ3n) is 2.84. The first-order valence-electron chi connectivity index (χ1n) is 5.23. The zero-order valence-electron chi connectivity index (χ0n) is 8.79. The summed E-state index contributed by atoms with van der Waals surface area (Å²) in [5.41, 5.74) is 10.1. The van der Waals surface area contributed by atoms with Crippen LogP contribution in [-0.4, -0.2) is 22.4 Å². The topological polar surface area (TPSA) is 69.1 Å². The summed E-state index contributed by atoms with van der Waals surface area (Å²) in [7, 11) is 0. The van der Waals surface area contributed by atoms with Gasteiger partial charge in [-0.05, 0) is 31.9 Å². The van der Waals surface area contributed by atoms with Crippen molar-refractivity contribution in [1.29, 1.82) is 0 Å². The fraction of sp³-hybridized carbons (Fsp3) is 0.900. The molecule has 1 amide bonds. The maximum absolute atomic E-state index is 10.9. The normalized spacial score (nSPS) is 22.1. The SMILES string of the molecule is CC(N)(CCSC1CCCC1)C(N)=O. The fourth-order valence-corrected chi connectivity index (χ4v) is 3.16. The van der Waals surface area contributed by atoms with Gasteiger partial charge in [-0.1, -0.05) is 12.8 Å². The Kier molecular flexibility index (Phi) is 4.26. The van der Waals surface area contributed by atoms with E-state index in [4.69, 9.17) is 11.5 Å². The van der Waals surface area contributed by atoms with Crippen molar-refractivity contribution in [1.82, 2.24) is 0 Å². The average Bonchev–Trinajstić information content (AvgIpc) is 2.56. The molecule has 0 saturated heterocycles. The molecule has 0 bridgehead atoms. The van der Waals surface area contributed by atoms with E-state index in [1.54, 1.807) is 6.92 Å². The molecule has 4 N–H and O–H groups in total. The molecule has 1 unspecified atom stereocenters. The number of primary amides is 1. The molecule has 4 heteroatoms. The lowest BCUT2D eigenvalue weighted by atomic mass is 10.0. The Morgan fingerprint density at radius 1 is 1.50 bits per heavy atom. The number of hydrogen-bond acceptors (Lipinski definition) is 3. The monoisotopic (exact) mass is 216 g/mol. The molecule has 1 aliphatic carbocycles. The zero-order chi connectivity index (χ0) is 10.6. The van der Waals surface area contributed by atoms with E-state index in [1.807, 2.05) is 11.8 Å². The van der Waals surface area contributed by atoms with Gasteiger partial charge >= 0.3 is 0 Å². The fourth-order valence-electron chi connectivity index (χ4n) is 1.62. The standard InChI is InChI=1S/C10H20N2OS/c1-10(12,9(11)13)6-7-14-8-4-2-3-5-8/h8H,2-7,12H2,1H3,(H2,11,13). The molecular weight excluding hydrogens is 196 g/mol. The Hall–Kier alpha value is -0.220. The van der Waals surface area contributed by atoms with Crippen LogP contribution >= 0.6 is 11.8 Å². The number of rotatable bonds is 5. The largest absolute Gasteiger partial charge is 0.368 e. The molecule has 1 aliphatic rings. The van der Waals surface area contributed by atoms with E-state index in [1.165, 1.54) is 25.7 Å². The summed E-state index contributed by atoms with van der Waals surface area (Å²) in [5.74, 6) is 0.546. The van der Waals surface area contributed by atoms with Gasteiger partial charge in [0.25, 0.3) is 0 Å². The first-order chi connectivity index (χ1) is 6.52. The van der Waals surface area contributed by atoms with Gasteiger partial charge in [-0.25, -0.2) is 0 Å².